The molecule has 1 fully saturated rings. The maximum absolute atomic E-state index is 11.5. The fraction of sp³-hybridized carbons (Fsp3) is 0.900. The van der Waals surface area contributed by atoms with Gasteiger partial charge >= 0.3 is 0 Å². The predicted molar refractivity (Wildman–Crippen MR) is 55.2 cm³/mol. The van der Waals surface area contributed by atoms with Crippen molar-refractivity contribution in [1.82, 2.24) is 10.2 Å². The Morgan fingerprint density at radius 1 is 1.64 bits per heavy atom. The van der Waals surface area contributed by atoms with Crippen LogP contribution in [0.3, 0.4) is 0 Å². The summed E-state index contributed by atoms with van der Waals surface area (Å²) < 4.78 is 5.00. The second-order valence-electron chi connectivity index (χ2n) is 3.60. The van der Waals surface area contributed by atoms with Gasteiger partial charge in [0.1, 0.15) is 0 Å². The van der Waals surface area contributed by atoms with Crippen molar-refractivity contribution in [3.63, 3.8) is 0 Å². The molecule has 0 spiro atoms. The third kappa shape index (κ3) is 2.96. The molecule has 4 nitrogen and oxygen atoms in total. The highest BCUT2D eigenvalue weighted by molar-refractivity contribution is 5.82. The summed E-state index contributed by atoms with van der Waals surface area (Å²) in [6, 6.07) is 0.0700. The number of nitrogens with one attached hydrogen (secondary N) is 1. The Bertz CT molecular complexity index is 185. The molecular formula is C10H20N2O2. The van der Waals surface area contributed by atoms with Crippen LogP contribution in [0.5, 0.6) is 0 Å². The average molecular weight is 200 g/mol. The molecule has 1 N–H and O–H groups in total. The van der Waals surface area contributed by atoms with E-state index in [4.69, 9.17) is 4.74 Å². The molecule has 0 saturated carbocycles. The maximum Gasteiger partial charge on any atom is 0.237 e. The number of carbonyl (C=O) groups is 1. The van der Waals surface area contributed by atoms with Crippen LogP contribution in [0.2, 0.25) is 0 Å². The SMILES string of the molecule is CC[C@H]1C(=O)NCCN1CCCOC. The van der Waals surface area contributed by atoms with Gasteiger partial charge in [-0.05, 0) is 12.8 Å². The molecule has 1 atom stereocenters. The quantitative estimate of drug-likeness (QED) is 0.646. The Kier molecular flexibility index (Phi) is 4.90. The summed E-state index contributed by atoms with van der Waals surface area (Å²) in [4.78, 5) is 13.7. The van der Waals surface area contributed by atoms with Crippen LogP contribution in [0.15, 0.2) is 0 Å². The number of nitrogens with zero attached hydrogens (tertiary/aromatic N) is 1. The number of piperazine rings is 1. The third-order valence-corrected chi connectivity index (χ3v) is 2.62. The van der Waals surface area contributed by atoms with Crippen LogP contribution in [0.1, 0.15) is 19.8 Å². The number of hydrogen-bond donors (Lipinski definition) is 1. The van der Waals surface area contributed by atoms with Crippen LogP contribution in [-0.2, 0) is 9.53 Å². The van der Waals surface area contributed by atoms with Gasteiger partial charge in [0.25, 0.3) is 0 Å². The van der Waals surface area contributed by atoms with Gasteiger partial charge in [0, 0.05) is 33.4 Å². The summed E-state index contributed by atoms with van der Waals surface area (Å²) in [7, 11) is 1.71. The van der Waals surface area contributed by atoms with Gasteiger partial charge in [-0.15, -0.1) is 0 Å². The molecule has 1 aliphatic rings. The molecule has 0 unspecified atom stereocenters. The molecule has 1 rings (SSSR count). The molecule has 1 heterocycles. The lowest BCUT2D eigenvalue weighted by molar-refractivity contribution is -0.129. The van der Waals surface area contributed by atoms with Gasteiger partial charge in [0.2, 0.25) is 5.91 Å². The van der Waals surface area contributed by atoms with Crippen molar-refractivity contribution >= 4 is 5.91 Å². The molecule has 14 heavy (non-hydrogen) atoms. The van der Waals surface area contributed by atoms with E-state index in [-0.39, 0.29) is 11.9 Å². The Hall–Kier alpha value is -0.610. The Labute approximate surface area is 85.6 Å². The highest BCUT2D eigenvalue weighted by Gasteiger charge is 2.26. The minimum absolute atomic E-state index is 0.0700. The predicted octanol–water partition coefficient (Wildman–Crippen LogP) is 0.233. The summed E-state index contributed by atoms with van der Waals surface area (Å²) >= 11 is 0. The van der Waals surface area contributed by atoms with Gasteiger partial charge in [-0.2, -0.15) is 0 Å². The number of rotatable bonds is 5. The molecular weight excluding hydrogens is 180 g/mol. The first-order chi connectivity index (χ1) is 6.79. The van der Waals surface area contributed by atoms with E-state index in [2.05, 4.69) is 17.1 Å². The molecule has 1 saturated heterocycles. The standard InChI is InChI=1S/C10H20N2O2/c1-3-9-10(13)11-5-7-12(9)6-4-8-14-2/h9H,3-8H2,1-2H3,(H,11,13)/t9-/m0/s1. The van der Waals surface area contributed by atoms with Gasteiger partial charge in [0.05, 0.1) is 6.04 Å². The molecule has 4 heteroatoms. The number of hydrogen-bond acceptors (Lipinski definition) is 3. The van der Waals surface area contributed by atoms with Crippen LogP contribution in [-0.4, -0.2) is 50.2 Å². The number of carbonyl (C=O) groups excluding carboxylic acids is 1. The summed E-state index contributed by atoms with van der Waals surface area (Å²) in [5.41, 5.74) is 0. The van der Waals surface area contributed by atoms with Gasteiger partial charge in [-0.3, -0.25) is 9.69 Å². The topological polar surface area (TPSA) is 41.6 Å². The van der Waals surface area contributed by atoms with E-state index in [1.165, 1.54) is 0 Å². The molecule has 0 bridgehead atoms. The highest BCUT2D eigenvalue weighted by Crippen LogP contribution is 2.08. The first kappa shape index (κ1) is 11.5. The smallest absolute Gasteiger partial charge is 0.237 e. The third-order valence-electron chi connectivity index (χ3n) is 2.62. The average Bonchev–Trinajstić information content (AvgIpc) is 2.18. The van der Waals surface area contributed by atoms with Crippen molar-refractivity contribution < 1.29 is 9.53 Å². The number of amides is 1. The summed E-state index contributed by atoms with van der Waals surface area (Å²) in [5, 5.41) is 2.89. The first-order valence-electron chi connectivity index (χ1n) is 5.30. The first-order valence-corrected chi connectivity index (χ1v) is 5.30. The van der Waals surface area contributed by atoms with Gasteiger partial charge < -0.3 is 10.1 Å². The van der Waals surface area contributed by atoms with Crippen molar-refractivity contribution in [2.75, 3.05) is 33.4 Å². The zero-order valence-corrected chi connectivity index (χ0v) is 9.08. The monoisotopic (exact) mass is 200 g/mol. The molecule has 0 aromatic heterocycles. The minimum atomic E-state index is 0.0700. The summed E-state index contributed by atoms with van der Waals surface area (Å²) in [6.45, 7) is 5.53. The van der Waals surface area contributed by atoms with Crippen molar-refractivity contribution in [2.45, 2.75) is 25.8 Å². The van der Waals surface area contributed by atoms with Gasteiger partial charge in [0.15, 0.2) is 0 Å². The summed E-state index contributed by atoms with van der Waals surface area (Å²) in [6.07, 6.45) is 1.89. The lowest BCUT2D eigenvalue weighted by atomic mass is 10.1. The van der Waals surface area contributed by atoms with E-state index in [0.717, 1.165) is 39.1 Å². The zero-order chi connectivity index (χ0) is 10.4. The van der Waals surface area contributed by atoms with E-state index in [1.54, 1.807) is 7.11 Å². The van der Waals surface area contributed by atoms with Crippen LogP contribution < -0.4 is 5.32 Å². The van der Waals surface area contributed by atoms with Crippen molar-refractivity contribution in [3.8, 4) is 0 Å². The lowest BCUT2D eigenvalue weighted by Gasteiger charge is -2.34. The van der Waals surface area contributed by atoms with Crippen LogP contribution >= 0.6 is 0 Å². The van der Waals surface area contributed by atoms with E-state index in [0.29, 0.717) is 0 Å². The van der Waals surface area contributed by atoms with E-state index in [9.17, 15) is 4.79 Å². The Balaban J connectivity index is 2.36. The molecule has 0 radical (unpaired) electrons. The maximum atomic E-state index is 11.5. The molecule has 82 valence electrons. The minimum Gasteiger partial charge on any atom is -0.385 e. The lowest BCUT2D eigenvalue weighted by Crippen LogP contribution is -2.55. The second kappa shape index (κ2) is 5.98. The van der Waals surface area contributed by atoms with Gasteiger partial charge in [-0.25, -0.2) is 0 Å². The van der Waals surface area contributed by atoms with Crippen molar-refractivity contribution in [2.24, 2.45) is 0 Å². The fourth-order valence-electron chi connectivity index (χ4n) is 1.89. The highest BCUT2D eigenvalue weighted by atomic mass is 16.5. The largest absolute Gasteiger partial charge is 0.385 e. The molecule has 0 aliphatic carbocycles. The second-order valence-corrected chi connectivity index (χ2v) is 3.60. The van der Waals surface area contributed by atoms with Crippen LogP contribution in [0.4, 0.5) is 0 Å². The molecule has 0 aromatic rings. The Morgan fingerprint density at radius 2 is 2.43 bits per heavy atom. The van der Waals surface area contributed by atoms with Crippen molar-refractivity contribution in [1.29, 1.82) is 0 Å². The van der Waals surface area contributed by atoms with Gasteiger partial charge in [-0.1, -0.05) is 6.92 Å². The Morgan fingerprint density at radius 3 is 3.07 bits per heavy atom. The molecule has 0 aromatic carbocycles. The fourth-order valence-corrected chi connectivity index (χ4v) is 1.89. The van der Waals surface area contributed by atoms with Crippen molar-refractivity contribution in [3.05, 3.63) is 0 Å². The van der Waals surface area contributed by atoms with Crippen LogP contribution in [0.25, 0.3) is 0 Å². The summed E-state index contributed by atoms with van der Waals surface area (Å²) in [5.74, 6) is 0.177. The van der Waals surface area contributed by atoms with E-state index < -0.39 is 0 Å². The van der Waals surface area contributed by atoms with Crippen LogP contribution in [0, 0.1) is 0 Å². The molecule has 1 aliphatic heterocycles. The normalized spacial score (nSPS) is 23.6. The zero-order valence-electron chi connectivity index (χ0n) is 9.08. The van der Waals surface area contributed by atoms with E-state index >= 15 is 0 Å². The molecule has 1 amide bonds. The number of methoxy groups -OCH3 is 1. The van der Waals surface area contributed by atoms with E-state index in [1.807, 2.05) is 0 Å². The number of ether oxygens (including phenoxy) is 1.